The second-order valence-corrected chi connectivity index (χ2v) is 7.65. The second-order valence-electron chi connectivity index (χ2n) is 6.76. The predicted octanol–water partition coefficient (Wildman–Crippen LogP) is 3.51. The van der Waals surface area contributed by atoms with E-state index in [9.17, 15) is 28.8 Å². The van der Waals surface area contributed by atoms with E-state index in [1.165, 1.54) is 70.3 Å². The summed E-state index contributed by atoms with van der Waals surface area (Å²) in [6.45, 7) is -1.38. The third kappa shape index (κ3) is 8.30. The van der Waals surface area contributed by atoms with Crippen LogP contribution in [0.5, 0.6) is 0 Å². The summed E-state index contributed by atoms with van der Waals surface area (Å²) in [7, 11) is 0. The number of carbonyl (C=O) groups excluding carboxylic acids is 6. The molecule has 3 heterocycles. The van der Waals surface area contributed by atoms with Crippen LogP contribution in [0.4, 0.5) is 0 Å². The molecule has 206 valence electrons. The summed E-state index contributed by atoms with van der Waals surface area (Å²) in [5.74, 6) is -6.82. The Morgan fingerprint density at radius 1 is 0.436 bits per heavy atom. The highest BCUT2D eigenvalue weighted by molar-refractivity contribution is 14.1. The van der Waals surface area contributed by atoms with E-state index >= 15 is 0 Å². The van der Waals surface area contributed by atoms with Crippen molar-refractivity contribution in [3.8, 4) is 0 Å². The van der Waals surface area contributed by atoms with E-state index in [1.807, 2.05) is 0 Å². The molecule has 0 fully saturated rings. The number of hydrogen-bond donors (Lipinski definition) is 0. The van der Waals surface area contributed by atoms with Gasteiger partial charge in [-0.15, -0.1) is 0 Å². The lowest BCUT2D eigenvalue weighted by atomic mass is 10.4. The molecule has 0 amide bonds. The molecule has 0 radical (unpaired) electrons. The zero-order chi connectivity index (χ0) is 28.4. The Labute approximate surface area is 245 Å². The van der Waals surface area contributed by atoms with Crippen molar-refractivity contribution in [2.75, 3.05) is 26.4 Å². The van der Waals surface area contributed by atoms with E-state index < -0.39 is 35.8 Å². The van der Waals surface area contributed by atoms with Crippen LogP contribution in [0.25, 0.3) is 0 Å². The second kappa shape index (κ2) is 14.3. The molecule has 0 aliphatic carbocycles. The van der Waals surface area contributed by atoms with Crippen LogP contribution in [0, 0.1) is 0 Å². The van der Waals surface area contributed by atoms with E-state index in [2.05, 4.69) is 6.13 Å². The number of furan rings is 3. The van der Waals surface area contributed by atoms with Gasteiger partial charge in [-0.25, -0.2) is 28.8 Å². The van der Waals surface area contributed by atoms with Crippen molar-refractivity contribution in [1.29, 1.82) is 0 Å². The van der Waals surface area contributed by atoms with Crippen molar-refractivity contribution < 1.29 is 67.1 Å². The maximum absolute atomic E-state index is 12.1. The maximum atomic E-state index is 12.1. The van der Waals surface area contributed by atoms with Gasteiger partial charge in [-0.1, -0.05) is 0 Å². The zero-order valence-corrected chi connectivity index (χ0v) is 23.5. The molecule has 0 saturated carbocycles. The van der Waals surface area contributed by atoms with Gasteiger partial charge in [-0.05, 0) is 36.4 Å². The fourth-order valence-electron chi connectivity index (χ4n) is 2.57. The molecule has 0 spiro atoms. The minimum Gasteiger partial charge on any atom is -0.456 e. The van der Waals surface area contributed by atoms with Gasteiger partial charge in [0.25, 0.3) is 0 Å². The van der Waals surface area contributed by atoms with Crippen LogP contribution in [0.3, 0.4) is 0 Å². The van der Waals surface area contributed by atoms with Crippen LogP contribution in [0.15, 0.2) is 49.6 Å². The van der Waals surface area contributed by atoms with E-state index in [0.717, 1.165) is 12.1 Å². The van der Waals surface area contributed by atoms with Gasteiger partial charge in [0, 0.05) is 0 Å². The molecule has 3 rings (SSSR count). The average molecular weight is 772 g/mol. The van der Waals surface area contributed by atoms with E-state index in [1.54, 1.807) is 0 Å². The van der Waals surface area contributed by atoms with Gasteiger partial charge in [0.2, 0.25) is 34.6 Å². The zero-order valence-electron chi connectivity index (χ0n) is 19.2. The van der Waals surface area contributed by atoms with Crippen LogP contribution in [0.1, 0.15) is 63.3 Å². The third-order valence-corrected chi connectivity index (χ3v) is 5.06. The number of esters is 4. The van der Waals surface area contributed by atoms with Crippen LogP contribution in [0.2, 0.25) is 0 Å². The quantitative estimate of drug-likeness (QED) is 0.112. The number of ether oxygens (including phenoxy) is 4. The van der Waals surface area contributed by atoms with Crippen LogP contribution < -0.4 is 0 Å². The van der Waals surface area contributed by atoms with Crippen molar-refractivity contribution in [1.82, 2.24) is 0 Å². The topological polar surface area (TPSA) is 197 Å². The van der Waals surface area contributed by atoms with Gasteiger partial charge < -0.3 is 38.3 Å². The van der Waals surface area contributed by atoms with Gasteiger partial charge in [-0.2, -0.15) is 0 Å². The molecule has 0 N–H and O–H groups in total. The Balaban J connectivity index is 1.35. The summed E-state index contributed by atoms with van der Waals surface area (Å²) in [5, 5.41) is 0. The fourth-order valence-corrected chi connectivity index (χ4v) is 3.00. The molecular weight excluding hydrogens is 758 g/mol. The summed E-state index contributed by atoms with van der Waals surface area (Å²) in [4.78, 5) is 70.6. The van der Waals surface area contributed by atoms with Crippen molar-refractivity contribution >= 4 is 81.8 Å². The van der Waals surface area contributed by atoms with Gasteiger partial charge in [0.05, 0.1) is 0 Å². The summed E-state index contributed by atoms with van der Waals surface area (Å²) in [5.41, 5.74) is 0. The van der Waals surface area contributed by atoms with E-state index in [0.29, 0.717) is 0 Å². The summed E-state index contributed by atoms with van der Waals surface area (Å²) in [6.07, 6.45) is 0. The van der Waals surface area contributed by atoms with Crippen LogP contribution in [-0.4, -0.2) is 62.2 Å². The first kappa shape index (κ1) is 29.7. The standard InChI is InChI=1S/C22H14I2O15/c23-38-21(29)15-5-3-13(36-15)19(27)33-9-7-31-17(25)11-1-2-12(35-11)18(26)32-8-10-34-20(28)14-4-6-16(37-14)22(30)39-24/h1-6H,7-10H2. The minimum atomic E-state index is -0.951. The smallest absolute Gasteiger partial charge is 0.383 e. The molecule has 0 aliphatic rings. The predicted molar refractivity (Wildman–Crippen MR) is 136 cm³/mol. The molecular formula is C22H14I2O15. The Kier molecular flexibility index (Phi) is 10.9. The van der Waals surface area contributed by atoms with E-state index in [-0.39, 0.29) is 61.0 Å². The fraction of sp³-hybridized carbons (Fsp3) is 0.182. The molecule has 0 bridgehead atoms. The number of hydrogen-bond acceptors (Lipinski definition) is 15. The molecule has 0 saturated heterocycles. The molecule has 3 aromatic heterocycles. The Bertz CT molecular complexity index is 1260. The normalized spacial score (nSPS) is 10.3. The number of rotatable bonds is 12. The minimum absolute atomic E-state index is 0.194. The van der Waals surface area contributed by atoms with Crippen molar-refractivity contribution in [2.45, 2.75) is 0 Å². The lowest BCUT2D eigenvalue weighted by Crippen LogP contribution is -2.14. The van der Waals surface area contributed by atoms with Crippen LogP contribution >= 0.6 is 46.0 Å². The molecule has 3 aromatic rings. The molecule has 39 heavy (non-hydrogen) atoms. The first-order chi connectivity index (χ1) is 18.7. The van der Waals surface area contributed by atoms with Gasteiger partial charge in [0.1, 0.15) is 26.4 Å². The van der Waals surface area contributed by atoms with Crippen molar-refractivity contribution in [2.24, 2.45) is 0 Å². The molecule has 17 heteroatoms. The van der Waals surface area contributed by atoms with Gasteiger partial charge in [-0.3, -0.25) is 0 Å². The SMILES string of the molecule is O=C(OI)c1ccc(C(=O)OCCOC(=O)c2ccc(C(=O)OCCOC(=O)c3ccc(C(=O)OI)o3)o2)o1. The largest absolute Gasteiger partial charge is 0.456 e. The van der Waals surface area contributed by atoms with Crippen molar-refractivity contribution in [3.05, 3.63) is 71.0 Å². The summed E-state index contributed by atoms with van der Waals surface area (Å²) >= 11 is 2.73. The number of carbonyl (C=O) groups is 6. The third-order valence-electron chi connectivity index (χ3n) is 4.26. The summed E-state index contributed by atoms with van der Waals surface area (Å²) < 4.78 is 43.4. The van der Waals surface area contributed by atoms with Gasteiger partial charge in [0.15, 0.2) is 46.0 Å². The molecule has 0 aromatic carbocycles. The first-order valence-electron chi connectivity index (χ1n) is 10.4. The van der Waals surface area contributed by atoms with E-state index in [4.69, 9.17) is 32.2 Å². The lowest BCUT2D eigenvalue weighted by Gasteiger charge is -2.05. The first-order valence-corrected chi connectivity index (χ1v) is 12.1. The Morgan fingerprint density at radius 3 is 0.846 bits per heavy atom. The average Bonchev–Trinajstić information content (AvgIpc) is 3.73. The summed E-state index contributed by atoms with van der Waals surface area (Å²) in [6, 6.07) is 7.21. The molecule has 15 nitrogen and oxygen atoms in total. The monoisotopic (exact) mass is 772 g/mol. The molecule has 0 unspecified atom stereocenters. The van der Waals surface area contributed by atoms with Crippen LogP contribution in [-0.2, 0) is 25.1 Å². The maximum Gasteiger partial charge on any atom is 0.383 e. The highest BCUT2D eigenvalue weighted by Gasteiger charge is 2.21. The Hall–Kier alpha value is -3.88. The number of halogens is 2. The van der Waals surface area contributed by atoms with Crippen molar-refractivity contribution in [3.63, 3.8) is 0 Å². The molecule has 0 atom stereocenters. The highest BCUT2D eigenvalue weighted by atomic mass is 127. The van der Waals surface area contributed by atoms with Gasteiger partial charge >= 0.3 is 35.8 Å². The highest BCUT2D eigenvalue weighted by Crippen LogP contribution is 2.14. The lowest BCUT2D eigenvalue weighted by molar-refractivity contribution is 0.0205. The molecule has 0 aliphatic heterocycles. The Morgan fingerprint density at radius 2 is 0.641 bits per heavy atom.